The maximum atomic E-state index is 12.5. The van der Waals surface area contributed by atoms with Crippen molar-refractivity contribution in [2.45, 2.75) is 43.6 Å². The summed E-state index contributed by atoms with van der Waals surface area (Å²) in [6.45, 7) is 0.386. The first-order valence-electron chi connectivity index (χ1n) is 8.74. The molecule has 1 fully saturated rings. The third kappa shape index (κ3) is 5.01. The van der Waals surface area contributed by atoms with Gasteiger partial charge in [0.2, 0.25) is 10.0 Å². The van der Waals surface area contributed by atoms with Crippen LogP contribution in [0.2, 0.25) is 0 Å². The molecule has 1 aliphatic rings. The van der Waals surface area contributed by atoms with Crippen molar-refractivity contribution in [2.75, 3.05) is 10.0 Å². The summed E-state index contributed by atoms with van der Waals surface area (Å²) < 4.78 is 27.6. The number of aromatic hydroxyl groups is 2. The monoisotopic (exact) mass is 393 g/mol. The Morgan fingerprint density at radius 1 is 1.04 bits per heavy atom. The minimum atomic E-state index is -3.56. The highest BCUT2D eigenvalue weighted by atomic mass is 32.2. The predicted molar refractivity (Wildman–Crippen MR) is 102 cm³/mol. The molecule has 0 amide bonds. The van der Waals surface area contributed by atoms with Crippen LogP contribution in [0.1, 0.15) is 31.2 Å². The second kappa shape index (κ2) is 8.01. The summed E-state index contributed by atoms with van der Waals surface area (Å²) in [7, 11) is -3.56. The molecule has 0 radical (unpaired) electrons. The van der Waals surface area contributed by atoms with Crippen molar-refractivity contribution in [3.63, 3.8) is 0 Å². The Morgan fingerprint density at radius 2 is 1.78 bits per heavy atom. The molecule has 5 N–H and O–H groups in total. The van der Waals surface area contributed by atoms with Gasteiger partial charge in [-0.2, -0.15) is 0 Å². The molecule has 8 nitrogen and oxygen atoms in total. The number of aromatic nitrogens is 1. The minimum absolute atomic E-state index is 0.198. The Morgan fingerprint density at radius 3 is 2.48 bits per heavy atom. The van der Waals surface area contributed by atoms with Gasteiger partial charge in [-0.1, -0.05) is 0 Å². The molecule has 1 aromatic heterocycles. The summed E-state index contributed by atoms with van der Waals surface area (Å²) >= 11 is 0. The van der Waals surface area contributed by atoms with Crippen LogP contribution in [0.5, 0.6) is 11.5 Å². The molecule has 1 aromatic carbocycles. The molecule has 27 heavy (non-hydrogen) atoms. The number of phenols is 2. The molecule has 0 spiro atoms. The first-order valence-corrected chi connectivity index (χ1v) is 10.3. The number of hydrogen-bond donors (Lipinski definition) is 5. The Balaban J connectivity index is 1.63. The zero-order chi connectivity index (χ0) is 19.4. The van der Waals surface area contributed by atoms with Crippen LogP contribution in [0, 0.1) is 0 Å². The molecular formula is C18H23N3O5S. The molecule has 1 aliphatic carbocycles. The first kappa shape index (κ1) is 19.2. The number of nitrogens with one attached hydrogen (secondary N) is 2. The number of benzene rings is 1. The highest BCUT2D eigenvalue weighted by molar-refractivity contribution is 7.93. The standard InChI is InChI=1S/C18H23N3O5S/c22-14-2-4-15(5-3-14)27(25,26)21-18-9-12(7-8-19-18)11-20-13-1-6-16(23)17(24)10-13/h1,6-10,14-15,20,22-24H,2-5,11H2,(H,19,21). The van der Waals surface area contributed by atoms with Gasteiger partial charge in [0.05, 0.1) is 11.4 Å². The maximum Gasteiger partial charge on any atom is 0.236 e. The van der Waals surface area contributed by atoms with Crippen molar-refractivity contribution in [3.8, 4) is 11.5 Å². The Bertz CT molecular complexity index is 896. The highest BCUT2D eigenvalue weighted by Gasteiger charge is 2.30. The summed E-state index contributed by atoms with van der Waals surface area (Å²) in [6.07, 6.45) is 2.95. The van der Waals surface area contributed by atoms with E-state index in [2.05, 4.69) is 15.0 Å². The van der Waals surface area contributed by atoms with Crippen molar-refractivity contribution in [3.05, 3.63) is 42.1 Å². The van der Waals surface area contributed by atoms with E-state index in [-0.39, 0.29) is 17.3 Å². The molecule has 1 heterocycles. The summed E-state index contributed by atoms with van der Waals surface area (Å²) in [5.74, 6) is -0.175. The van der Waals surface area contributed by atoms with Gasteiger partial charge in [-0.05, 0) is 55.5 Å². The van der Waals surface area contributed by atoms with E-state index in [1.54, 1.807) is 18.2 Å². The van der Waals surface area contributed by atoms with Crippen LogP contribution in [0.4, 0.5) is 11.5 Å². The quantitative estimate of drug-likeness (QED) is 0.375. The van der Waals surface area contributed by atoms with Gasteiger partial charge in [-0.25, -0.2) is 13.4 Å². The summed E-state index contributed by atoms with van der Waals surface area (Å²) in [6, 6.07) is 7.80. The van der Waals surface area contributed by atoms with Gasteiger partial charge in [0.25, 0.3) is 0 Å². The highest BCUT2D eigenvalue weighted by Crippen LogP contribution is 2.28. The van der Waals surface area contributed by atoms with E-state index in [0.29, 0.717) is 37.9 Å². The van der Waals surface area contributed by atoms with Crippen LogP contribution in [-0.2, 0) is 16.6 Å². The van der Waals surface area contributed by atoms with Crippen molar-refractivity contribution in [1.29, 1.82) is 0 Å². The first-order chi connectivity index (χ1) is 12.8. The molecule has 0 unspecified atom stereocenters. The predicted octanol–water partition coefficient (Wildman–Crippen LogP) is 2.15. The van der Waals surface area contributed by atoms with Gasteiger partial charge in [0.1, 0.15) is 5.82 Å². The lowest BCUT2D eigenvalue weighted by Crippen LogP contribution is -2.33. The number of phenolic OH excluding ortho intramolecular Hbond substituents is 2. The van der Waals surface area contributed by atoms with Gasteiger partial charge in [0.15, 0.2) is 11.5 Å². The topological polar surface area (TPSA) is 132 Å². The van der Waals surface area contributed by atoms with E-state index in [4.69, 9.17) is 0 Å². The lowest BCUT2D eigenvalue weighted by molar-refractivity contribution is 0.131. The molecule has 2 aromatic rings. The van der Waals surface area contributed by atoms with Gasteiger partial charge in [0, 0.05) is 24.5 Å². The zero-order valence-electron chi connectivity index (χ0n) is 14.7. The number of anilines is 2. The van der Waals surface area contributed by atoms with Crippen molar-refractivity contribution in [2.24, 2.45) is 0 Å². The van der Waals surface area contributed by atoms with E-state index in [0.717, 1.165) is 5.56 Å². The number of aliphatic hydroxyl groups is 1. The average molecular weight is 393 g/mol. The maximum absolute atomic E-state index is 12.5. The molecule has 9 heteroatoms. The fourth-order valence-electron chi connectivity index (χ4n) is 3.06. The van der Waals surface area contributed by atoms with E-state index >= 15 is 0 Å². The molecule has 1 saturated carbocycles. The molecule has 146 valence electrons. The lowest BCUT2D eigenvalue weighted by Gasteiger charge is -2.25. The van der Waals surface area contributed by atoms with E-state index in [1.807, 2.05) is 0 Å². The zero-order valence-corrected chi connectivity index (χ0v) is 15.5. The number of aliphatic hydroxyl groups excluding tert-OH is 1. The number of hydrogen-bond acceptors (Lipinski definition) is 7. The smallest absolute Gasteiger partial charge is 0.236 e. The van der Waals surface area contributed by atoms with E-state index in [1.165, 1.54) is 18.3 Å². The second-order valence-corrected chi connectivity index (χ2v) is 8.64. The third-order valence-corrected chi connectivity index (χ3v) is 6.47. The second-order valence-electron chi connectivity index (χ2n) is 6.68. The largest absolute Gasteiger partial charge is 0.504 e. The molecule has 0 atom stereocenters. The van der Waals surface area contributed by atoms with Crippen LogP contribution in [0.3, 0.4) is 0 Å². The van der Waals surface area contributed by atoms with Gasteiger partial charge < -0.3 is 20.6 Å². The number of pyridine rings is 1. The Hall–Kier alpha value is -2.52. The fraction of sp³-hybridized carbons (Fsp3) is 0.389. The van der Waals surface area contributed by atoms with Crippen LogP contribution >= 0.6 is 0 Å². The van der Waals surface area contributed by atoms with Crippen molar-refractivity contribution >= 4 is 21.5 Å². The van der Waals surface area contributed by atoms with Crippen molar-refractivity contribution < 1.29 is 23.7 Å². The van der Waals surface area contributed by atoms with E-state index < -0.39 is 21.4 Å². The van der Waals surface area contributed by atoms with Crippen LogP contribution in [-0.4, -0.2) is 40.1 Å². The molecule has 0 saturated heterocycles. The van der Waals surface area contributed by atoms with Gasteiger partial charge >= 0.3 is 0 Å². The van der Waals surface area contributed by atoms with Gasteiger partial charge in [-0.15, -0.1) is 0 Å². The van der Waals surface area contributed by atoms with Crippen molar-refractivity contribution in [1.82, 2.24) is 4.98 Å². The SMILES string of the molecule is O=S(=O)(Nc1cc(CNc2ccc(O)c(O)c2)ccn1)C1CCC(O)CC1. The molecular weight excluding hydrogens is 370 g/mol. The lowest BCUT2D eigenvalue weighted by atomic mass is 9.97. The van der Waals surface area contributed by atoms with E-state index in [9.17, 15) is 23.7 Å². The Labute approximate surface area is 158 Å². The molecule has 0 bridgehead atoms. The fourth-order valence-corrected chi connectivity index (χ4v) is 4.52. The summed E-state index contributed by atoms with van der Waals surface area (Å²) in [5, 5.41) is 30.9. The average Bonchev–Trinajstić information content (AvgIpc) is 2.63. The number of rotatable bonds is 6. The summed E-state index contributed by atoms with van der Waals surface area (Å²) in [5.41, 5.74) is 1.42. The van der Waals surface area contributed by atoms with Gasteiger partial charge in [-0.3, -0.25) is 4.72 Å². The Kier molecular flexibility index (Phi) is 5.71. The minimum Gasteiger partial charge on any atom is -0.504 e. The third-order valence-electron chi connectivity index (χ3n) is 4.63. The molecule has 0 aliphatic heterocycles. The van der Waals surface area contributed by atoms with Crippen LogP contribution < -0.4 is 10.0 Å². The van der Waals surface area contributed by atoms with Crippen LogP contribution in [0.15, 0.2) is 36.5 Å². The van der Waals surface area contributed by atoms with Crippen LogP contribution in [0.25, 0.3) is 0 Å². The number of sulfonamides is 1. The normalized spacial score (nSPS) is 20.2. The molecule has 3 rings (SSSR count). The number of nitrogens with zero attached hydrogens (tertiary/aromatic N) is 1. The summed E-state index contributed by atoms with van der Waals surface area (Å²) in [4.78, 5) is 4.07.